The Morgan fingerprint density at radius 3 is 2.67 bits per heavy atom. The van der Waals surface area contributed by atoms with E-state index >= 15 is 0 Å². The lowest BCUT2D eigenvalue weighted by Crippen LogP contribution is -2.44. The summed E-state index contributed by atoms with van der Waals surface area (Å²) in [6.45, 7) is 7.10. The van der Waals surface area contributed by atoms with Crippen LogP contribution in [0.5, 0.6) is 0 Å². The molecule has 0 aromatic heterocycles. The number of aryl methyl sites for hydroxylation is 2. The van der Waals surface area contributed by atoms with E-state index in [1.807, 2.05) is 30.0 Å². The van der Waals surface area contributed by atoms with Crippen LogP contribution in [0.2, 0.25) is 0 Å². The average molecular weight is 328 g/mol. The third-order valence-electron chi connectivity index (χ3n) is 5.60. The van der Waals surface area contributed by atoms with Crippen LogP contribution >= 0.6 is 0 Å². The van der Waals surface area contributed by atoms with Gasteiger partial charge in [-0.25, -0.2) is 0 Å². The number of hydrogen-bond donors (Lipinski definition) is 1. The minimum atomic E-state index is -0.154. The zero-order valence-electron chi connectivity index (χ0n) is 15.0. The SMILES string of the molecule is CCC1CCCCN1C(=O)C1CC1C(=O)Nc1ccc(C)c(C)c1. The molecule has 2 aliphatic rings. The van der Waals surface area contributed by atoms with Gasteiger partial charge in [0.05, 0.1) is 11.8 Å². The molecule has 0 spiro atoms. The summed E-state index contributed by atoms with van der Waals surface area (Å²) in [5.74, 6) is -0.0781. The van der Waals surface area contributed by atoms with Gasteiger partial charge in [-0.2, -0.15) is 0 Å². The van der Waals surface area contributed by atoms with E-state index in [4.69, 9.17) is 0 Å². The fraction of sp³-hybridized carbons (Fsp3) is 0.600. The molecule has 1 aliphatic carbocycles. The van der Waals surface area contributed by atoms with Crippen LogP contribution in [0.3, 0.4) is 0 Å². The molecular weight excluding hydrogens is 300 g/mol. The molecule has 1 aliphatic heterocycles. The molecule has 0 radical (unpaired) electrons. The number of nitrogens with zero attached hydrogens (tertiary/aromatic N) is 1. The topological polar surface area (TPSA) is 49.4 Å². The van der Waals surface area contributed by atoms with Crippen LogP contribution in [0.4, 0.5) is 5.69 Å². The molecule has 2 amide bonds. The van der Waals surface area contributed by atoms with Gasteiger partial charge in [-0.3, -0.25) is 9.59 Å². The van der Waals surface area contributed by atoms with Crippen LogP contribution in [-0.4, -0.2) is 29.3 Å². The second-order valence-corrected chi connectivity index (χ2v) is 7.33. The van der Waals surface area contributed by atoms with E-state index in [0.717, 1.165) is 37.1 Å². The molecule has 0 bridgehead atoms. The number of amides is 2. The van der Waals surface area contributed by atoms with Gasteiger partial charge in [0.2, 0.25) is 11.8 Å². The maximum atomic E-state index is 12.7. The van der Waals surface area contributed by atoms with Crippen molar-refractivity contribution in [3.8, 4) is 0 Å². The van der Waals surface area contributed by atoms with Crippen molar-refractivity contribution in [1.29, 1.82) is 0 Å². The lowest BCUT2D eigenvalue weighted by Gasteiger charge is -2.35. The summed E-state index contributed by atoms with van der Waals surface area (Å²) in [6.07, 6.45) is 5.12. The predicted molar refractivity (Wildman–Crippen MR) is 95.8 cm³/mol. The Morgan fingerprint density at radius 1 is 1.17 bits per heavy atom. The van der Waals surface area contributed by atoms with E-state index in [9.17, 15) is 9.59 Å². The van der Waals surface area contributed by atoms with Gasteiger partial charge in [-0.15, -0.1) is 0 Å². The fourth-order valence-corrected chi connectivity index (χ4v) is 3.74. The van der Waals surface area contributed by atoms with Crippen molar-refractivity contribution >= 4 is 17.5 Å². The molecule has 1 heterocycles. The molecule has 24 heavy (non-hydrogen) atoms. The van der Waals surface area contributed by atoms with Crippen molar-refractivity contribution in [1.82, 2.24) is 4.90 Å². The molecule has 4 heteroatoms. The lowest BCUT2D eigenvalue weighted by molar-refractivity contribution is -0.137. The van der Waals surface area contributed by atoms with E-state index in [1.54, 1.807) is 0 Å². The number of anilines is 1. The molecule has 3 atom stereocenters. The number of rotatable bonds is 4. The highest BCUT2D eigenvalue weighted by atomic mass is 16.2. The Labute approximate surface area is 144 Å². The third-order valence-corrected chi connectivity index (χ3v) is 5.60. The quantitative estimate of drug-likeness (QED) is 0.917. The van der Waals surface area contributed by atoms with Crippen LogP contribution in [-0.2, 0) is 9.59 Å². The standard InChI is InChI=1S/C20H28N2O2/c1-4-16-7-5-6-10-22(16)20(24)18-12-17(18)19(23)21-15-9-8-13(2)14(3)11-15/h8-9,11,16-18H,4-7,10,12H2,1-3H3,(H,21,23). The Hall–Kier alpha value is -1.84. The normalized spacial score (nSPS) is 26.1. The second kappa shape index (κ2) is 6.96. The molecule has 1 N–H and O–H groups in total. The Morgan fingerprint density at radius 2 is 1.96 bits per heavy atom. The Bertz CT molecular complexity index is 641. The van der Waals surface area contributed by atoms with Gasteiger partial charge in [0.15, 0.2) is 0 Å². The molecule has 1 saturated heterocycles. The summed E-state index contributed by atoms with van der Waals surface area (Å²) in [5.41, 5.74) is 3.20. The van der Waals surface area contributed by atoms with Crippen molar-refractivity contribution in [2.75, 3.05) is 11.9 Å². The van der Waals surface area contributed by atoms with E-state index in [1.165, 1.54) is 12.0 Å². The molecule has 1 aromatic rings. The van der Waals surface area contributed by atoms with E-state index < -0.39 is 0 Å². The summed E-state index contributed by atoms with van der Waals surface area (Å²) in [7, 11) is 0. The monoisotopic (exact) mass is 328 g/mol. The first-order valence-electron chi connectivity index (χ1n) is 9.20. The summed E-state index contributed by atoms with van der Waals surface area (Å²) in [6, 6.07) is 6.30. The highest BCUT2D eigenvalue weighted by molar-refractivity contribution is 5.99. The second-order valence-electron chi connectivity index (χ2n) is 7.33. The summed E-state index contributed by atoms with van der Waals surface area (Å²) in [4.78, 5) is 27.2. The third kappa shape index (κ3) is 3.47. The number of hydrogen-bond acceptors (Lipinski definition) is 2. The minimum absolute atomic E-state index is 0.0124. The molecule has 2 fully saturated rings. The highest BCUT2D eigenvalue weighted by Gasteiger charge is 2.50. The van der Waals surface area contributed by atoms with Crippen molar-refractivity contribution in [2.24, 2.45) is 11.8 Å². The van der Waals surface area contributed by atoms with Gasteiger partial charge < -0.3 is 10.2 Å². The van der Waals surface area contributed by atoms with E-state index in [2.05, 4.69) is 19.2 Å². The number of carbonyl (C=O) groups is 2. The van der Waals surface area contributed by atoms with Crippen LogP contribution in [0.25, 0.3) is 0 Å². The molecule has 3 rings (SSSR count). The Kier molecular flexibility index (Phi) is 4.93. The van der Waals surface area contributed by atoms with Gasteiger partial charge in [0.25, 0.3) is 0 Å². The first-order chi connectivity index (χ1) is 11.5. The van der Waals surface area contributed by atoms with Crippen molar-refractivity contribution < 1.29 is 9.59 Å². The summed E-state index contributed by atoms with van der Waals surface area (Å²) < 4.78 is 0. The van der Waals surface area contributed by atoms with Gasteiger partial charge >= 0.3 is 0 Å². The van der Waals surface area contributed by atoms with Crippen molar-refractivity contribution in [3.05, 3.63) is 29.3 Å². The van der Waals surface area contributed by atoms with Gasteiger partial charge in [0, 0.05) is 18.3 Å². The first-order valence-corrected chi connectivity index (χ1v) is 9.20. The van der Waals surface area contributed by atoms with Crippen LogP contribution < -0.4 is 5.32 Å². The largest absolute Gasteiger partial charge is 0.339 e. The molecule has 4 nitrogen and oxygen atoms in total. The van der Waals surface area contributed by atoms with Crippen molar-refractivity contribution in [2.45, 2.75) is 58.9 Å². The molecule has 1 aromatic carbocycles. The highest BCUT2D eigenvalue weighted by Crippen LogP contribution is 2.42. The number of likely N-dealkylation sites (tertiary alicyclic amines) is 1. The zero-order chi connectivity index (χ0) is 17.3. The molecule has 130 valence electrons. The molecular formula is C20H28N2O2. The molecule has 1 saturated carbocycles. The van der Waals surface area contributed by atoms with Crippen LogP contribution in [0.15, 0.2) is 18.2 Å². The number of piperidine rings is 1. The summed E-state index contributed by atoms with van der Waals surface area (Å²) >= 11 is 0. The number of benzene rings is 1. The van der Waals surface area contributed by atoms with Crippen molar-refractivity contribution in [3.63, 3.8) is 0 Å². The minimum Gasteiger partial charge on any atom is -0.339 e. The van der Waals surface area contributed by atoms with Gasteiger partial charge in [0.1, 0.15) is 0 Å². The molecule has 3 unspecified atom stereocenters. The van der Waals surface area contributed by atoms with Crippen LogP contribution in [0.1, 0.15) is 50.2 Å². The average Bonchev–Trinajstić information content (AvgIpc) is 3.38. The van der Waals surface area contributed by atoms with Gasteiger partial charge in [-0.05, 0) is 69.2 Å². The summed E-state index contributed by atoms with van der Waals surface area (Å²) in [5, 5.41) is 2.98. The number of carbonyl (C=O) groups excluding carboxylic acids is 2. The van der Waals surface area contributed by atoms with Crippen LogP contribution in [0, 0.1) is 25.7 Å². The fourth-order valence-electron chi connectivity index (χ4n) is 3.74. The zero-order valence-corrected chi connectivity index (χ0v) is 15.0. The maximum absolute atomic E-state index is 12.7. The van der Waals surface area contributed by atoms with Gasteiger partial charge in [-0.1, -0.05) is 13.0 Å². The van der Waals surface area contributed by atoms with E-state index in [-0.39, 0.29) is 23.7 Å². The first kappa shape index (κ1) is 17.0. The lowest BCUT2D eigenvalue weighted by atomic mass is 9.99. The smallest absolute Gasteiger partial charge is 0.228 e. The van der Waals surface area contributed by atoms with E-state index in [0.29, 0.717) is 12.5 Å². The Balaban J connectivity index is 1.58. The number of nitrogens with one attached hydrogen (secondary N) is 1. The predicted octanol–water partition coefficient (Wildman–Crippen LogP) is 3.67. The maximum Gasteiger partial charge on any atom is 0.228 e.